The summed E-state index contributed by atoms with van der Waals surface area (Å²) in [5.41, 5.74) is 0.889. The van der Waals surface area contributed by atoms with Crippen molar-refractivity contribution in [2.75, 3.05) is 0 Å². The molecule has 9 heteroatoms. The fourth-order valence-corrected chi connectivity index (χ4v) is 2.91. The second-order valence-corrected chi connectivity index (χ2v) is 7.07. The molecule has 0 saturated carbocycles. The maximum Gasteiger partial charge on any atom is 0.452 e. The van der Waals surface area contributed by atoms with E-state index in [0.29, 0.717) is 17.7 Å². The summed E-state index contributed by atoms with van der Waals surface area (Å²) in [6.07, 6.45) is -3.33. The molecule has 152 valence electrons. The summed E-state index contributed by atoms with van der Waals surface area (Å²) in [7, 11) is 0. The molecule has 0 aliphatic carbocycles. The van der Waals surface area contributed by atoms with Crippen LogP contribution < -0.4 is 5.32 Å². The van der Waals surface area contributed by atoms with E-state index in [4.69, 9.17) is 0 Å². The van der Waals surface area contributed by atoms with Crippen LogP contribution in [-0.4, -0.2) is 32.9 Å². The van der Waals surface area contributed by atoms with Crippen LogP contribution in [0.5, 0.6) is 0 Å². The Bertz CT molecular complexity index is 803. The molecule has 2 aromatic rings. The highest BCUT2D eigenvalue weighted by molar-refractivity contribution is 5.88. The summed E-state index contributed by atoms with van der Waals surface area (Å²) < 4.78 is 40.3. The number of Topliss-reactive ketones (excluding diaryl/α,β-unsaturated/α-hetero) is 1. The van der Waals surface area contributed by atoms with Gasteiger partial charge in [0.1, 0.15) is 11.7 Å². The van der Waals surface area contributed by atoms with Crippen LogP contribution in [0.15, 0.2) is 36.5 Å². The molecule has 1 aromatic carbocycles. The second-order valence-electron chi connectivity index (χ2n) is 7.07. The first-order valence-corrected chi connectivity index (χ1v) is 8.91. The Labute approximate surface area is 161 Å². The standard InChI is InChI=1S/C19H23F3N4O2/c1-12(2)9-15(23-13(3)27)16-11-26(25-24-16)17(18(28)19(20,21)22)10-14-7-5-4-6-8-14/h4-8,11-12,15,17H,9-10H2,1-3H3,(H,23,27)/t15-,17-/m0/s1. The number of amides is 1. The Morgan fingerprint density at radius 2 is 1.82 bits per heavy atom. The number of rotatable bonds is 8. The molecule has 1 heterocycles. The third-order valence-electron chi connectivity index (χ3n) is 4.14. The van der Waals surface area contributed by atoms with Crippen LogP contribution in [-0.2, 0) is 16.0 Å². The molecule has 0 radical (unpaired) electrons. The summed E-state index contributed by atoms with van der Waals surface area (Å²) in [6, 6.07) is 6.34. The van der Waals surface area contributed by atoms with E-state index in [-0.39, 0.29) is 18.2 Å². The first-order valence-electron chi connectivity index (χ1n) is 8.91. The summed E-state index contributed by atoms with van der Waals surface area (Å²) >= 11 is 0. The first kappa shape index (κ1) is 21.6. The Morgan fingerprint density at radius 3 is 2.36 bits per heavy atom. The summed E-state index contributed by atoms with van der Waals surface area (Å²) in [4.78, 5) is 23.5. The SMILES string of the molecule is CC(=O)N[C@@H](CC(C)C)c1cn([C@@H](Cc2ccccc2)C(=O)C(F)(F)F)nn1. The molecule has 2 atom stereocenters. The van der Waals surface area contributed by atoms with Crippen LogP contribution in [0.2, 0.25) is 0 Å². The lowest BCUT2D eigenvalue weighted by Crippen LogP contribution is -2.34. The van der Waals surface area contributed by atoms with Gasteiger partial charge in [0.25, 0.3) is 5.78 Å². The molecule has 0 aliphatic heterocycles. The van der Waals surface area contributed by atoms with E-state index < -0.39 is 24.0 Å². The smallest absolute Gasteiger partial charge is 0.348 e. The van der Waals surface area contributed by atoms with E-state index in [0.717, 1.165) is 4.68 Å². The van der Waals surface area contributed by atoms with Gasteiger partial charge in [-0.1, -0.05) is 49.4 Å². The Hall–Kier alpha value is -2.71. The molecule has 2 rings (SSSR count). The molecule has 1 amide bonds. The lowest BCUT2D eigenvalue weighted by molar-refractivity contribution is -0.175. The van der Waals surface area contributed by atoms with Crippen molar-refractivity contribution < 1.29 is 22.8 Å². The quantitative estimate of drug-likeness (QED) is 0.742. The molecule has 0 spiro atoms. The number of hydrogen-bond donors (Lipinski definition) is 1. The molecular weight excluding hydrogens is 373 g/mol. The molecule has 0 saturated heterocycles. The van der Waals surface area contributed by atoms with Crippen LogP contribution in [0.3, 0.4) is 0 Å². The molecule has 0 aliphatic rings. The largest absolute Gasteiger partial charge is 0.452 e. The van der Waals surface area contributed by atoms with Crippen molar-refractivity contribution in [1.29, 1.82) is 0 Å². The van der Waals surface area contributed by atoms with Gasteiger partial charge in [-0.2, -0.15) is 13.2 Å². The van der Waals surface area contributed by atoms with Crippen molar-refractivity contribution >= 4 is 11.7 Å². The fourth-order valence-electron chi connectivity index (χ4n) is 2.91. The average molecular weight is 396 g/mol. The van der Waals surface area contributed by atoms with E-state index in [2.05, 4.69) is 15.6 Å². The lowest BCUT2D eigenvalue weighted by atomic mass is 10.0. The van der Waals surface area contributed by atoms with Crippen molar-refractivity contribution in [3.05, 3.63) is 47.8 Å². The number of nitrogens with zero attached hydrogens (tertiary/aromatic N) is 3. The van der Waals surface area contributed by atoms with Gasteiger partial charge in [-0.3, -0.25) is 9.59 Å². The monoisotopic (exact) mass is 396 g/mol. The predicted octanol–water partition coefficient (Wildman–Crippen LogP) is 3.42. The number of ketones is 1. The van der Waals surface area contributed by atoms with E-state index >= 15 is 0 Å². The zero-order valence-corrected chi connectivity index (χ0v) is 15.9. The molecule has 0 bridgehead atoms. The van der Waals surface area contributed by atoms with Crippen molar-refractivity contribution in [3.63, 3.8) is 0 Å². The molecule has 0 fully saturated rings. The molecule has 0 unspecified atom stereocenters. The van der Waals surface area contributed by atoms with Crippen LogP contribution in [0.1, 0.15) is 50.5 Å². The van der Waals surface area contributed by atoms with Crippen LogP contribution >= 0.6 is 0 Å². The molecule has 1 aromatic heterocycles. The zero-order valence-electron chi connectivity index (χ0n) is 15.9. The number of benzene rings is 1. The minimum absolute atomic E-state index is 0.170. The van der Waals surface area contributed by atoms with E-state index in [1.807, 2.05) is 13.8 Å². The minimum atomic E-state index is -5.00. The van der Waals surface area contributed by atoms with Crippen molar-refractivity contribution in [1.82, 2.24) is 20.3 Å². The maximum atomic E-state index is 13.1. The summed E-state index contributed by atoms with van der Waals surface area (Å²) in [5.74, 6) is -1.97. The lowest BCUT2D eigenvalue weighted by Gasteiger charge is -2.18. The fraction of sp³-hybridized carbons (Fsp3) is 0.474. The topological polar surface area (TPSA) is 76.9 Å². The van der Waals surface area contributed by atoms with Gasteiger partial charge < -0.3 is 5.32 Å². The average Bonchev–Trinajstić information content (AvgIpc) is 3.07. The van der Waals surface area contributed by atoms with Crippen LogP contribution in [0.25, 0.3) is 0 Å². The number of halogens is 3. The van der Waals surface area contributed by atoms with Gasteiger partial charge in [0.2, 0.25) is 5.91 Å². The first-order chi connectivity index (χ1) is 13.1. The summed E-state index contributed by atoms with van der Waals surface area (Å²) in [6.45, 7) is 5.25. The van der Waals surface area contributed by atoms with Gasteiger partial charge in [-0.15, -0.1) is 5.10 Å². The van der Waals surface area contributed by atoms with E-state index in [9.17, 15) is 22.8 Å². The van der Waals surface area contributed by atoms with E-state index in [1.54, 1.807) is 30.3 Å². The molecule has 28 heavy (non-hydrogen) atoms. The Balaban J connectivity index is 2.35. The maximum absolute atomic E-state index is 13.1. The Morgan fingerprint density at radius 1 is 1.18 bits per heavy atom. The second kappa shape index (κ2) is 8.99. The van der Waals surface area contributed by atoms with Gasteiger partial charge in [-0.05, 0) is 17.9 Å². The van der Waals surface area contributed by atoms with E-state index in [1.165, 1.54) is 13.1 Å². The van der Waals surface area contributed by atoms with Gasteiger partial charge in [-0.25, -0.2) is 4.68 Å². The van der Waals surface area contributed by atoms with Crippen molar-refractivity contribution in [2.24, 2.45) is 5.92 Å². The predicted molar refractivity (Wildman–Crippen MR) is 96.3 cm³/mol. The molecular formula is C19H23F3N4O2. The number of carbonyl (C=O) groups is 2. The van der Waals surface area contributed by atoms with Gasteiger partial charge in [0.15, 0.2) is 0 Å². The van der Waals surface area contributed by atoms with Crippen LogP contribution in [0, 0.1) is 5.92 Å². The number of hydrogen-bond acceptors (Lipinski definition) is 4. The minimum Gasteiger partial charge on any atom is -0.348 e. The van der Waals surface area contributed by atoms with Crippen molar-refractivity contribution in [3.8, 4) is 0 Å². The molecule has 1 N–H and O–H groups in total. The van der Waals surface area contributed by atoms with Gasteiger partial charge >= 0.3 is 6.18 Å². The van der Waals surface area contributed by atoms with Gasteiger partial charge in [0.05, 0.1) is 12.2 Å². The number of alkyl halides is 3. The number of carbonyl (C=O) groups excluding carboxylic acids is 2. The summed E-state index contributed by atoms with van der Waals surface area (Å²) in [5, 5.41) is 10.4. The highest BCUT2D eigenvalue weighted by Crippen LogP contribution is 2.27. The third-order valence-corrected chi connectivity index (χ3v) is 4.14. The number of nitrogens with one attached hydrogen (secondary N) is 1. The zero-order chi connectivity index (χ0) is 20.9. The number of aromatic nitrogens is 3. The van der Waals surface area contributed by atoms with Crippen molar-refractivity contribution in [2.45, 2.75) is 51.9 Å². The Kier molecular flexibility index (Phi) is 6.93. The molecule has 6 nitrogen and oxygen atoms in total. The highest BCUT2D eigenvalue weighted by atomic mass is 19.4. The third kappa shape index (κ3) is 5.90. The van der Waals surface area contributed by atoms with Crippen LogP contribution in [0.4, 0.5) is 13.2 Å². The normalized spacial score (nSPS) is 14.0. The highest BCUT2D eigenvalue weighted by Gasteiger charge is 2.44. The van der Waals surface area contributed by atoms with Gasteiger partial charge in [0, 0.05) is 13.3 Å².